The zero-order valence-corrected chi connectivity index (χ0v) is 8.45. The molecule has 0 spiro atoms. The van der Waals surface area contributed by atoms with Crippen molar-refractivity contribution in [2.45, 2.75) is 0 Å². The molecule has 1 aromatic carbocycles. The van der Waals surface area contributed by atoms with Crippen LogP contribution >= 0.6 is 0 Å². The van der Waals surface area contributed by atoms with Gasteiger partial charge in [0.05, 0.1) is 10.3 Å². The fraction of sp³-hybridized carbons (Fsp3) is 0. The Morgan fingerprint density at radius 1 is 1.47 bits per heavy atom. The molecule has 0 unspecified atom stereocenters. The fourth-order valence-corrected chi connectivity index (χ4v) is 1.77. The van der Waals surface area contributed by atoms with E-state index >= 15 is 0 Å². The highest BCUT2D eigenvalue weighted by Crippen LogP contribution is 2.32. The van der Waals surface area contributed by atoms with E-state index in [1.807, 2.05) is 0 Å². The third kappa shape index (κ3) is 1.29. The second-order valence-corrected chi connectivity index (χ2v) is 3.45. The minimum atomic E-state index is -0.478. The van der Waals surface area contributed by atoms with E-state index < -0.39 is 4.92 Å². The molecule has 0 bridgehead atoms. The molecule has 17 heavy (non-hydrogen) atoms. The summed E-state index contributed by atoms with van der Waals surface area (Å²) < 4.78 is 5.20. The molecule has 0 aliphatic carbocycles. The number of hydrogen-bond donors (Lipinski definition) is 1. The number of hydrogen-bond acceptors (Lipinski definition) is 6. The highest BCUT2D eigenvalue weighted by molar-refractivity contribution is 6.05. The molecule has 0 aliphatic rings. The third-order valence-electron chi connectivity index (χ3n) is 2.44. The Bertz CT molecular complexity index is 750. The van der Waals surface area contributed by atoms with Crippen LogP contribution in [0.25, 0.3) is 22.0 Å². The van der Waals surface area contributed by atoms with Crippen molar-refractivity contribution in [2.75, 3.05) is 5.73 Å². The van der Waals surface area contributed by atoms with Crippen LogP contribution in [0, 0.1) is 10.1 Å². The lowest BCUT2D eigenvalue weighted by Crippen LogP contribution is -1.91. The molecule has 0 amide bonds. The fourth-order valence-electron chi connectivity index (χ4n) is 1.77. The number of nitrogens with zero attached hydrogens (tertiary/aromatic N) is 3. The Kier molecular flexibility index (Phi) is 1.76. The van der Waals surface area contributed by atoms with E-state index in [1.165, 1.54) is 12.3 Å². The van der Waals surface area contributed by atoms with Gasteiger partial charge in [0.25, 0.3) is 11.7 Å². The molecule has 0 aliphatic heterocycles. The van der Waals surface area contributed by atoms with Crippen molar-refractivity contribution in [3.05, 3.63) is 34.5 Å². The molecule has 84 valence electrons. The standard InChI is InChI=1S/C10H6N4O3/c11-10-13-6-4-7(14(15)16)5-2-1-3-12-8(5)9(6)17-10/h1-4H,(H2,11,13). The van der Waals surface area contributed by atoms with Crippen molar-refractivity contribution in [1.29, 1.82) is 0 Å². The number of pyridine rings is 1. The minimum absolute atomic E-state index is 0.0348. The van der Waals surface area contributed by atoms with Gasteiger partial charge in [-0.05, 0) is 12.1 Å². The van der Waals surface area contributed by atoms with E-state index in [-0.39, 0.29) is 11.7 Å². The molecule has 0 saturated carbocycles. The number of nitro groups is 1. The normalized spacial score (nSPS) is 11.1. The van der Waals surface area contributed by atoms with Gasteiger partial charge in [0.2, 0.25) is 0 Å². The molecule has 3 rings (SSSR count). The summed E-state index contributed by atoms with van der Waals surface area (Å²) in [7, 11) is 0. The number of fused-ring (bicyclic) bond motifs is 3. The summed E-state index contributed by atoms with van der Waals surface area (Å²) in [6.07, 6.45) is 1.53. The largest absolute Gasteiger partial charge is 0.421 e. The van der Waals surface area contributed by atoms with E-state index in [0.29, 0.717) is 22.0 Å². The maximum absolute atomic E-state index is 11.0. The van der Waals surface area contributed by atoms with Gasteiger partial charge in [-0.15, -0.1) is 0 Å². The average Bonchev–Trinajstić information content (AvgIpc) is 2.68. The Hall–Kier alpha value is -2.70. The zero-order valence-electron chi connectivity index (χ0n) is 8.45. The van der Waals surface area contributed by atoms with Crippen LogP contribution in [0.15, 0.2) is 28.8 Å². The number of nitro benzene ring substituents is 1. The van der Waals surface area contributed by atoms with Crippen LogP contribution < -0.4 is 5.73 Å². The molecule has 2 aromatic heterocycles. The third-order valence-corrected chi connectivity index (χ3v) is 2.44. The number of rotatable bonds is 1. The molecule has 7 nitrogen and oxygen atoms in total. The van der Waals surface area contributed by atoms with Gasteiger partial charge in [0, 0.05) is 12.3 Å². The lowest BCUT2D eigenvalue weighted by molar-refractivity contribution is -0.383. The highest BCUT2D eigenvalue weighted by Gasteiger charge is 2.19. The first-order chi connectivity index (χ1) is 8.16. The molecular formula is C10H6N4O3. The number of anilines is 1. The lowest BCUT2D eigenvalue weighted by atomic mass is 10.1. The number of oxazole rings is 1. The second-order valence-electron chi connectivity index (χ2n) is 3.45. The van der Waals surface area contributed by atoms with Gasteiger partial charge >= 0.3 is 0 Å². The van der Waals surface area contributed by atoms with Gasteiger partial charge in [-0.2, -0.15) is 4.98 Å². The van der Waals surface area contributed by atoms with Gasteiger partial charge in [-0.3, -0.25) is 15.1 Å². The molecule has 0 fully saturated rings. The van der Waals surface area contributed by atoms with Crippen LogP contribution in [0.4, 0.5) is 11.7 Å². The summed E-state index contributed by atoms with van der Waals surface area (Å²) in [6, 6.07) is 4.53. The first kappa shape index (κ1) is 9.52. The van der Waals surface area contributed by atoms with Crippen LogP contribution in [-0.4, -0.2) is 14.9 Å². The van der Waals surface area contributed by atoms with Gasteiger partial charge < -0.3 is 10.2 Å². The van der Waals surface area contributed by atoms with Crippen molar-refractivity contribution in [2.24, 2.45) is 0 Å². The number of nitrogen functional groups attached to an aromatic ring is 1. The highest BCUT2D eigenvalue weighted by atomic mass is 16.6. The summed E-state index contributed by atoms with van der Waals surface area (Å²) in [6.45, 7) is 0. The monoisotopic (exact) mass is 230 g/mol. The molecule has 7 heteroatoms. The first-order valence-electron chi connectivity index (χ1n) is 4.75. The maximum atomic E-state index is 11.0. The predicted octanol–water partition coefficient (Wildman–Crippen LogP) is 1.87. The number of nitrogens with two attached hydrogens (primary N) is 1. The van der Waals surface area contributed by atoms with E-state index in [2.05, 4.69) is 9.97 Å². The zero-order chi connectivity index (χ0) is 12.0. The van der Waals surface area contributed by atoms with Crippen LogP contribution in [0.3, 0.4) is 0 Å². The maximum Gasteiger partial charge on any atom is 0.293 e. The molecule has 2 heterocycles. The van der Waals surface area contributed by atoms with Gasteiger partial charge in [0.15, 0.2) is 5.58 Å². The van der Waals surface area contributed by atoms with Crippen LogP contribution in [0.5, 0.6) is 0 Å². The number of benzene rings is 1. The average molecular weight is 230 g/mol. The van der Waals surface area contributed by atoms with Crippen molar-refractivity contribution in [1.82, 2.24) is 9.97 Å². The minimum Gasteiger partial charge on any atom is -0.421 e. The van der Waals surface area contributed by atoms with Gasteiger partial charge in [0.1, 0.15) is 11.0 Å². The summed E-state index contributed by atoms with van der Waals surface area (Å²) in [4.78, 5) is 18.4. The van der Waals surface area contributed by atoms with Crippen molar-refractivity contribution in [3.8, 4) is 0 Å². The molecule has 0 radical (unpaired) electrons. The van der Waals surface area contributed by atoms with E-state index in [9.17, 15) is 10.1 Å². The predicted molar refractivity (Wildman–Crippen MR) is 60.4 cm³/mol. The summed E-state index contributed by atoms with van der Waals surface area (Å²) in [5.74, 6) is 0. The Morgan fingerprint density at radius 3 is 3.06 bits per heavy atom. The van der Waals surface area contributed by atoms with Crippen LogP contribution in [0.2, 0.25) is 0 Å². The van der Waals surface area contributed by atoms with Crippen molar-refractivity contribution >= 4 is 33.7 Å². The van der Waals surface area contributed by atoms with Crippen molar-refractivity contribution < 1.29 is 9.34 Å². The van der Waals surface area contributed by atoms with Crippen LogP contribution in [0.1, 0.15) is 0 Å². The smallest absolute Gasteiger partial charge is 0.293 e. The van der Waals surface area contributed by atoms with Crippen molar-refractivity contribution in [3.63, 3.8) is 0 Å². The number of non-ortho nitro benzene ring substituents is 1. The number of aromatic nitrogens is 2. The molecule has 3 aromatic rings. The Labute approximate surface area is 94.0 Å². The summed E-state index contributed by atoms with van der Waals surface area (Å²) in [5.41, 5.74) is 6.46. The summed E-state index contributed by atoms with van der Waals surface area (Å²) in [5, 5.41) is 11.4. The Morgan fingerprint density at radius 2 is 2.29 bits per heavy atom. The SMILES string of the molecule is Nc1nc2cc([N+](=O)[O-])c3cccnc3c2o1. The lowest BCUT2D eigenvalue weighted by Gasteiger charge is -1.98. The summed E-state index contributed by atoms with van der Waals surface area (Å²) >= 11 is 0. The second kappa shape index (κ2) is 3.14. The van der Waals surface area contributed by atoms with E-state index in [0.717, 1.165) is 0 Å². The van der Waals surface area contributed by atoms with Gasteiger partial charge in [-0.1, -0.05) is 0 Å². The first-order valence-corrected chi connectivity index (χ1v) is 4.75. The molecule has 0 atom stereocenters. The Balaban J connectivity index is 2.58. The van der Waals surface area contributed by atoms with E-state index in [4.69, 9.17) is 10.2 Å². The van der Waals surface area contributed by atoms with Gasteiger partial charge in [-0.25, -0.2) is 0 Å². The topological polar surface area (TPSA) is 108 Å². The van der Waals surface area contributed by atoms with Crippen LogP contribution in [-0.2, 0) is 0 Å². The quantitative estimate of drug-likeness (QED) is 0.504. The molecular weight excluding hydrogens is 224 g/mol. The molecule has 0 saturated heterocycles. The molecule has 2 N–H and O–H groups in total. The van der Waals surface area contributed by atoms with E-state index in [1.54, 1.807) is 12.1 Å².